The minimum atomic E-state index is -0.186. The normalized spacial score (nSPS) is 10.6. The Hall–Kier alpha value is -2.39. The number of anilines is 1. The molecule has 1 amide bonds. The number of carbonyl (C=O) groups is 1. The number of pyridine rings is 1. The Morgan fingerprint density at radius 2 is 1.71 bits per heavy atom. The van der Waals surface area contributed by atoms with E-state index in [1.54, 1.807) is 18.0 Å². The summed E-state index contributed by atoms with van der Waals surface area (Å²) in [6, 6.07) is 18.8. The Morgan fingerprint density at radius 3 is 2.48 bits per heavy atom. The number of hydrogen-bond donors (Lipinski definition) is 0. The summed E-state index contributed by atoms with van der Waals surface area (Å²) in [7, 11) is 1.72. The first kappa shape index (κ1) is 13.6. The van der Waals surface area contributed by atoms with E-state index in [0.29, 0.717) is 10.8 Å². The summed E-state index contributed by atoms with van der Waals surface area (Å²) in [6.07, 6.45) is 0. The summed E-state index contributed by atoms with van der Waals surface area (Å²) in [4.78, 5) is 18.3. The van der Waals surface area contributed by atoms with Crippen LogP contribution in [0.3, 0.4) is 0 Å². The second-order valence-electron chi connectivity index (χ2n) is 4.72. The highest BCUT2D eigenvalue weighted by atomic mass is 35.5. The molecule has 1 heterocycles. The van der Waals surface area contributed by atoms with Crippen LogP contribution in [-0.4, -0.2) is 17.9 Å². The molecule has 0 N–H and O–H groups in total. The second kappa shape index (κ2) is 5.54. The topological polar surface area (TPSA) is 33.2 Å². The van der Waals surface area contributed by atoms with Crippen molar-refractivity contribution in [2.75, 3.05) is 11.9 Å². The predicted octanol–water partition coefficient (Wildman–Crippen LogP) is 4.16. The van der Waals surface area contributed by atoms with Gasteiger partial charge >= 0.3 is 0 Å². The van der Waals surface area contributed by atoms with E-state index in [2.05, 4.69) is 4.98 Å². The first-order valence-corrected chi connectivity index (χ1v) is 6.93. The Morgan fingerprint density at radius 1 is 1.05 bits per heavy atom. The lowest BCUT2D eigenvalue weighted by molar-refractivity contribution is 0.0988. The highest BCUT2D eigenvalue weighted by molar-refractivity contribution is 6.34. The Bertz CT molecular complexity index is 802. The van der Waals surface area contributed by atoms with Crippen LogP contribution >= 0.6 is 11.6 Å². The Balaban J connectivity index is 2.02. The maximum Gasteiger partial charge on any atom is 0.276 e. The molecular formula is C17H13ClN2O. The zero-order chi connectivity index (χ0) is 14.8. The highest BCUT2D eigenvalue weighted by Gasteiger charge is 2.16. The molecule has 0 aliphatic carbocycles. The molecule has 0 unspecified atom stereocenters. The van der Waals surface area contributed by atoms with Crippen molar-refractivity contribution in [3.8, 4) is 0 Å². The number of fused-ring (bicyclic) bond motifs is 1. The minimum Gasteiger partial charge on any atom is -0.310 e. The van der Waals surface area contributed by atoms with Crippen LogP contribution in [0.4, 0.5) is 5.69 Å². The number of hydrogen-bond acceptors (Lipinski definition) is 2. The molecule has 21 heavy (non-hydrogen) atoms. The maximum absolute atomic E-state index is 12.5. The van der Waals surface area contributed by atoms with Crippen LogP contribution in [0.25, 0.3) is 10.8 Å². The number of amides is 1. The number of benzene rings is 2. The fourth-order valence-corrected chi connectivity index (χ4v) is 2.47. The summed E-state index contributed by atoms with van der Waals surface area (Å²) in [5, 5.41) is 2.10. The molecule has 0 saturated carbocycles. The van der Waals surface area contributed by atoms with E-state index in [1.807, 2.05) is 54.6 Å². The molecule has 1 aromatic heterocycles. The van der Waals surface area contributed by atoms with Gasteiger partial charge in [-0.05, 0) is 23.6 Å². The predicted molar refractivity (Wildman–Crippen MR) is 85.9 cm³/mol. The average molecular weight is 297 g/mol. The van der Waals surface area contributed by atoms with Crippen LogP contribution in [-0.2, 0) is 0 Å². The Labute approximate surface area is 127 Å². The van der Waals surface area contributed by atoms with Gasteiger partial charge in [-0.3, -0.25) is 4.79 Å². The van der Waals surface area contributed by atoms with Gasteiger partial charge in [-0.25, -0.2) is 4.98 Å². The number of aromatic nitrogens is 1. The summed E-state index contributed by atoms with van der Waals surface area (Å²) in [5.41, 5.74) is 1.15. The largest absolute Gasteiger partial charge is 0.310 e. The van der Waals surface area contributed by atoms with Crippen molar-refractivity contribution in [1.29, 1.82) is 0 Å². The van der Waals surface area contributed by atoms with Crippen molar-refractivity contribution in [1.82, 2.24) is 4.98 Å². The monoisotopic (exact) mass is 296 g/mol. The SMILES string of the molecule is CN(C(=O)c1cc2ccccc2c(Cl)n1)c1ccccc1. The lowest BCUT2D eigenvalue weighted by Crippen LogP contribution is -2.27. The third-order valence-corrected chi connectivity index (χ3v) is 3.65. The van der Waals surface area contributed by atoms with Crippen molar-refractivity contribution in [2.45, 2.75) is 0 Å². The molecule has 0 bridgehead atoms. The molecule has 0 spiro atoms. The van der Waals surface area contributed by atoms with Crippen LogP contribution < -0.4 is 4.90 Å². The number of para-hydroxylation sites is 1. The van der Waals surface area contributed by atoms with Gasteiger partial charge in [-0.1, -0.05) is 54.1 Å². The number of rotatable bonds is 2. The first-order chi connectivity index (χ1) is 10.2. The van der Waals surface area contributed by atoms with Crippen molar-refractivity contribution < 1.29 is 4.79 Å². The lowest BCUT2D eigenvalue weighted by atomic mass is 10.1. The van der Waals surface area contributed by atoms with Crippen molar-refractivity contribution >= 4 is 34.0 Å². The molecule has 0 saturated heterocycles. The molecular weight excluding hydrogens is 284 g/mol. The number of carbonyl (C=O) groups excluding carboxylic acids is 1. The molecule has 0 aliphatic heterocycles. The number of nitrogens with zero attached hydrogens (tertiary/aromatic N) is 2. The van der Waals surface area contributed by atoms with E-state index < -0.39 is 0 Å². The average Bonchev–Trinajstić information content (AvgIpc) is 2.54. The molecule has 4 heteroatoms. The zero-order valence-corrected chi connectivity index (χ0v) is 12.2. The van der Waals surface area contributed by atoms with Gasteiger partial charge in [-0.2, -0.15) is 0 Å². The van der Waals surface area contributed by atoms with Gasteiger partial charge < -0.3 is 4.90 Å². The van der Waals surface area contributed by atoms with Gasteiger partial charge in [0.15, 0.2) is 0 Å². The van der Waals surface area contributed by atoms with Crippen molar-refractivity contribution in [3.05, 3.63) is 71.5 Å². The molecule has 0 aliphatic rings. The van der Waals surface area contributed by atoms with E-state index in [9.17, 15) is 4.79 Å². The molecule has 104 valence electrons. The van der Waals surface area contributed by atoms with Gasteiger partial charge in [0.1, 0.15) is 10.8 Å². The van der Waals surface area contributed by atoms with Gasteiger partial charge in [0, 0.05) is 18.1 Å². The molecule has 3 rings (SSSR count). The van der Waals surface area contributed by atoms with E-state index in [-0.39, 0.29) is 5.91 Å². The van der Waals surface area contributed by atoms with Crippen molar-refractivity contribution in [3.63, 3.8) is 0 Å². The van der Waals surface area contributed by atoms with Crippen LogP contribution in [0.5, 0.6) is 0 Å². The van der Waals surface area contributed by atoms with Crippen LogP contribution in [0.15, 0.2) is 60.7 Å². The minimum absolute atomic E-state index is 0.186. The zero-order valence-electron chi connectivity index (χ0n) is 11.5. The van der Waals surface area contributed by atoms with Crippen molar-refractivity contribution in [2.24, 2.45) is 0 Å². The lowest BCUT2D eigenvalue weighted by Gasteiger charge is -2.17. The van der Waals surface area contributed by atoms with Crippen LogP contribution in [0.2, 0.25) is 5.15 Å². The molecule has 0 radical (unpaired) electrons. The molecule has 0 fully saturated rings. The fourth-order valence-electron chi connectivity index (χ4n) is 2.21. The van der Waals surface area contributed by atoms with E-state index in [0.717, 1.165) is 16.5 Å². The molecule has 3 aromatic rings. The second-order valence-corrected chi connectivity index (χ2v) is 5.08. The van der Waals surface area contributed by atoms with Gasteiger partial charge in [0.25, 0.3) is 5.91 Å². The highest BCUT2D eigenvalue weighted by Crippen LogP contribution is 2.23. The van der Waals surface area contributed by atoms with Crippen LogP contribution in [0.1, 0.15) is 10.5 Å². The Kier molecular flexibility index (Phi) is 3.59. The third-order valence-electron chi connectivity index (χ3n) is 3.36. The van der Waals surface area contributed by atoms with E-state index in [4.69, 9.17) is 11.6 Å². The molecule has 0 atom stereocenters. The maximum atomic E-state index is 12.5. The van der Waals surface area contributed by atoms with Crippen LogP contribution in [0, 0.1) is 0 Å². The molecule has 2 aromatic carbocycles. The third kappa shape index (κ3) is 2.60. The van der Waals surface area contributed by atoms with Gasteiger partial charge in [-0.15, -0.1) is 0 Å². The first-order valence-electron chi connectivity index (χ1n) is 6.55. The summed E-state index contributed by atoms with van der Waals surface area (Å²) >= 11 is 6.18. The fraction of sp³-hybridized carbons (Fsp3) is 0.0588. The summed E-state index contributed by atoms with van der Waals surface area (Å²) in [6.45, 7) is 0. The molecule has 3 nitrogen and oxygen atoms in total. The smallest absolute Gasteiger partial charge is 0.276 e. The van der Waals surface area contributed by atoms with E-state index >= 15 is 0 Å². The van der Waals surface area contributed by atoms with E-state index in [1.165, 1.54) is 0 Å². The number of halogens is 1. The summed E-state index contributed by atoms with van der Waals surface area (Å²) in [5.74, 6) is -0.186. The van der Waals surface area contributed by atoms with Gasteiger partial charge in [0.2, 0.25) is 0 Å². The van der Waals surface area contributed by atoms with Gasteiger partial charge in [0.05, 0.1) is 0 Å². The summed E-state index contributed by atoms with van der Waals surface area (Å²) < 4.78 is 0. The standard InChI is InChI=1S/C17H13ClN2O/c1-20(13-8-3-2-4-9-13)17(21)15-11-12-7-5-6-10-14(12)16(18)19-15/h2-11H,1H3. The quantitative estimate of drug-likeness (QED) is 0.665.